The third-order valence-electron chi connectivity index (χ3n) is 19.8. The molecule has 9 amide bonds. The fourth-order valence-corrected chi connectivity index (χ4v) is 14.3. The molecule has 7 aliphatic rings. The highest BCUT2D eigenvalue weighted by Crippen LogP contribution is 2.50. The number of anilines is 1. The van der Waals surface area contributed by atoms with E-state index < -0.39 is 250 Å². The van der Waals surface area contributed by atoms with Gasteiger partial charge in [-0.15, -0.1) is 0 Å². The zero-order valence-corrected chi connectivity index (χ0v) is 64.1. The SMILES string of the molecule is CN[C@H](CC(C)C)C(=O)N[C@H]1C(=O)N[C@@H](CC(N)=O)C(=O)NC2C(=O)N[C@H]3C(=O)N[C@H](C(=O)NC(C(=O)NCC(=O)Nc4cc(OC)cc(OC)c4)c4cc(O)cc(O)c4-c4cc3ccc4O)[C@H](O)c3ccc(c(Cl)c3)Oc3cc2cc(c3O[C@@H]2O[C@H](CO)[C@@H](O)[C@H](O)[C@H]2OC2C[C@](C)(N)[C@H](O)[C@H](C)O2)Oc2ccc(cc2Cl)[C@H]1O. The van der Waals surface area contributed by atoms with Crippen LogP contribution in [0.1, 0.15) is 105 Å². The minimum absolute atomic E-state index is 0.112. The number of likely N-dealkylation sites (N-methyl/N-ethyl adjacent to an activating group) is 1. The zero-order valence-electron chi connectivity index (χ0n) is 62.5. The molecule has 6 aromatic rings. The number of benzene rings is 6. The van der Waals surface area contributed by atoms with Crippen molar-refractivity contribution in [2.75, 3.05) is 39.7 Å². The number of phenols is 3. The lowest BCUT2D eigenvalue weighted by Crippen LogP contribution is -2.64. The highest BCUT2D eigenvalue weighted by Gasteiger charge is 2.52. The number of halogens is 2. The lowest BCUT2D eigenvalue weighted by Gasteiger charge is -2.47. The number of amides is 9. The van der Waals surface area contributed by atoms with Crippen LogP contribution in [0.5, 0.6) is 57.5 Å². The average molecular weight is 1640 g/mol. The van der Waals surface area contributed by atoms with Gasteiger partial charge in [0.25, 0.3) is 0 Å². The Bertz CT molecular complexity index is 4730. The highest BCUT2D eigenvalue weighted by molar-refractivity contribution is 6.32. The molecule has 0 saturated carbocycles. The number of nitrogens with two attached hydrogens (primary N) is 2. The first-order valence-corrected chi connectivity index (χ1v) is 36.8. The predicted octanol–water partition coefficient (Wildman–Crippen LogP) is 0.794. The maximum absolute atomic E-state index is 16.3. The van der Waals surface area contributed by atoms with Gasteiger partial charge < -0.3 is 143 Å². The van der Waals surface area contributed by atoms with Crippen LogP contribution in [0.25, 0.3) is 11.1 Å². The standard InChI is InChI=1S/C76H87Cl2N11O26/c1-29(2)14-43(81-5)68(101)88-59-61(96)32-9-12-47(41(77)16-32)111-49-18-34-19-50(65(49)115-75-66(64(99)63(98)51(28-90)113-75)114-54-26-76(4,80)67(100)30(3)110-54)112-48-13-10-33(17-42(48)78)62(97)60-74(107)87-58(70(103)82-27-53(95)83-35-20-37(108-6)24-38(21-35)109-7)40-22-36(91)23-46(93)55(40)39-15-31(8-11-45(39)92)56(71(104)89-60)86-72(105)57(34)85-69(102)44(25-52(79)94)84-73(59)106/h8-13,15-24,29-30,43-44,51,54,56-64,66-67,75,81,90-93,96-100H,14,25-28,80H2,1-7H3,(H2,79,94)(H,82,103)(H,83,95)(H,84,106)(H,85,102)(H,86,105)(H,87,107)(H,88,101)(H,89,104)/t30-,43+,44-,51+,54?,56+,57?,58?,59+,60-,61+,62+,63+,64-,66+,67+,75-,76-/m0/s1. The number of fused-ring (bicyclic) bond motifs is 15. The van der Waals surface area contributed by atoms with E-state index in [2.05, 4.69) is 47.9 Å². The van der Waals surface area contributed by atoms with E-state index in [1.807, 2.05) is 13.8 Å². The second-order valence-corrected chi connectivity index (χ2v) is 29.6. The van der Waals surface area contributed by atoms with Crippen LogP contribution in [0.2, 0.25) is 10.0 Å². The summed E-state index contributed by atoms with van der Waals surface area (Å²) in [6.45, 7) is 4.78. The molecule has 11 bridgehead atoms. The maximum atomic E-state index is 16.3. The predicted molar refractivity (Wildman–Crippen MR) is 403 cm³/mol. The van der Waals surface area contributed by atoms with Crippen molar-refractivity contribution in [3.05, 3.63) is 135 Å². The smallest absolute Gasteiger partial charge is 0.248 e. The number of aromatic hydroxyl groups is 3. The van der Waals surface area contributed by atoms with Crippen molar-refractivity contribution in [3.63, 3.8) is 0 Å². The molecule has 7 aliphatic heterocycles. The third kappa shape index (κ3) is 18.9. The lowest BCUT2D eigenvalue weighted by atomic mass is 9.86. The average Bonchev–Trinajstić information content (AvgIpc) is 0.766. The van der Waals surface area contributed by atoms with Crippen molar-refractivity contribution in [1.82, 2.24) is 42.5 Å². The highest BCUT2D eigenvalue weighted by atomic mass is 35.5. The van der Waals surface area contributed by atoms with E-state index in [0.717, 1.165) is 66.7 Å². The zero-order chi connectivity index (χ0) is 83.5. The lowest BCUT2D eigenvalue weighted by molar-refractivity contribution is -0.333. The second kappa shape index (κ2) is 35.5. The molecular formula is C76H87Cl2N11O26. The number of methoxy groups -OCH3 is 2. The van der Waals surface area contributed by atoms with Crippen LogP contribution >= 0.6 is 23.2 Å². The monoisotopic (exact) mass is 1640 g/mol. The fraction of sp³-hybridized carbons (Fsp3) is 0.408. The Balaban J connectivity index is 1.12. The number of aliphatic hydroxyl groups is 6. The van der Waals surface area contributed by atoms with Gasteiger partial charge in [0, 0.05) is 53.0 Å². The molecule has 6 aromatic carbocycles. The van der Waals surface area contributed by atoms with Gasteiger partial charge in [0.2, 0.25) is 65.2 Å². The Morgan fingerprint density at radius 3 is 1.89 bits per heavy atom. The quantitative estimate of drug-likeness (QED) is 0.0566. The van der Waals surface area contributed by atoms with Crippen LogP contribution in [0.15, 0.2) is 97.1 Å². The summed E-state index contributed by atoms with van der Waals surface area (Å²) < 4.78 is 49.2. The summed E-state index contributed by atoms with van der Waals surface area (Å²) >= 11 is 14.3. The second-order valence-electron chi connectivity index (χ2n) is 28.7. The van der Waals surface area contributed by atoms with E-state index in [1.54, 1.807) is 0 Å². The van der Waals surface area contributed by atoms with Crippen LogP contribution in [-0.4, -0.2) is 212 Å². The van der Waals surface area contributed by atoms with Gasteiger partial charge in [0.15, 0.2) is 23.9 Å². The van der Waals surface area contributed by atoms with E-state index in [4.69, 9.17) is 72.6 Å². The first-order chi connectivity index (χ1) is 54.5. The molecule has 22 N–H and O–H groups in total. The molecule has 37 nitrogen and oxygen atoms in total. The number of nitrogens with one attached hydrogen (secondary N) is 9. The van der Waals surface area contributed by atoms with E-state index in [9.17, 15) is 69.9 Å². The van der Waals surface area contributed by atoms with Gasteiger partial charge in [-0.05, 0) is 116 Å². The van der Waals surface area contributed by atoms with Crippen LogP contribution < -0.4 is 83.0 Å². The molecule has 7 heterocycles. The maximum Gasteiger partial charge on any atom is 0.248 e. The van der Waals surface area contributed by atoms with Crippen LogP contribution in [0.4, 0.5) is 5.69 Å². The summed E-state index contributed by atoms with van der Waals surface area (Å²) in [4.78, 5) is 134. The molecule has 13 rings (SSSR count). The topological polar surface area (TPSA) is 570 Å². The van der Waals surface area contributed by atoms with Crippen molar-refractivity contribution < 1.29 is 127 Å². The molecule has 2 saturated heterocycles. The number of carbonyl (C=O) groups excluding carboxylic acids is 9. The Kier molecular flexibility index (Phi) is 26.2. The molecule has 0 aliphatic carbocycles. The Labute approximate surface area is 665 Å². The molecule has 115 heavy (non-hydrogen) atoms. The third-order valence-corrected chi connectivity index (χ3v) is 20.4. The molecule has 39 heteroatoms. The number of primary amides is 1. The number of hydrogen-bond acceptors (Lipinski definition) is 28. The normalized spacial score (nSPS) is 27.1. The number of hydrogen-bond donors (Lipinski definition) is 20. The molecule has 616 valence electrons. The summed E-state index contributed by atoms with van der Waals surface area (Å²) in [5.74, 6) is -15.9. The van der Waals surface area contributed by atoms with Crippen LogP contribution in [0.3, 0.4) is 0 Å². The summed E-state index contributed by atoms with van der Waals surface area (Å²) in [5.41, 5.74) is 8.21. The van der Waals surface area contributed by atoms with Crippen LogP contribution in [-0.2, 0) is 57.4 Å². The van der Waals surface area contributed by atoms with Crippen molar-refractivity contribution in [2.24, 2.45) is 17.4 Å². The fourth-order valence-electron chi connectivity index (χ4n) is 13.9. The Morgan fingerprint density at radius 2 is 1.30 bits per heavy atom. The Hall–Kier alpha value is -10.9. The molecule has 3 unspecified atom stereocenters. The number of ether oxygens (including phenoxy) is 8. The van der Waals surface area contributed by atoms with Gasteiger partial charge in [-0.3, -0.25) is 43.2 Å². The van der Waals surface area contributed by atoms with Gasteiger partial charge in [-0.25, -0.2) is 0 Å². The first-order valence-electron chi connectivity index (χ1n) is 36.0. The van der Waals surface area contributed by atoms with E-state index in [1.165, 1.54) is 65.4 Å². The van der Waals surface area contributed by atoms with Crippen molar-refractivity contribution >= 4 is 82.1 Å². The molecule has 0 spiro atoms. The van der Waals surface area contributed by atoms with Crippen molar-refractivity contribution in [1.29, 1.82) is 0 Å². The van der Waals surface area contributed by atoms with Gasteiger partial charge in [0.1, 0.15) is 107 Å². The van der Waals surface area contributed by atoms with Gasteiger partial charge in [0.05, 0.1) is 62.1 Å². The summed E-state index contributed by atoms with van der Waals surface area (Å²) in [6.07, 6.45) is -18.8. The molecule has 18 atom stereocenters. The Morgan fingerprint density at radius 1 is 0.687 bits per heavy atom. The summed E-state index contributed by atoms with van der Waals surface area (Å²) in [5, 5.41) is 127. The van der Waals surface area contributed by atoms with Crippen molar-refractivity contribution in [3.8, 4) is 68.6 Å². The first kappa shape index (κ1) is 85.0. The van der Waals surface area contributed by atoms with Crippen LogP contribution in [0, 0.1) is 5.92 Å². The molecule has 0 aromatic heterocycles. The number of phenolic OH excluding ortho intramolecular Hbond substituents is 3. The summed E-state index contributed by atoms with van der Waals surface area (Å²) in [7, 11) is 4.20. The minimum atomic E-state index is -2.38. The van der Waals surface area contributed by atoms with E-state index >= 15 is 19.2 Å². The van der Waals surface area contributed by atoms with E-state index in [0.29, 0.717) is 0 Å². The molecule has 0 radical (unpaired) electrons. The van der Waals surface area contributed by atoms with Gasteiger partial charge in [-0.2, -0.15) is 0 Å². The molecular weight excluding hydrogens is 1550 g/mol. The summed E-state index contributed by atoms with van der Waals surface area (Å²) in [6, 6.07) is 3.72. The number of aliphatic hydroxyl groups excluding tert-OH is 6. The number of rotatable bonds is 18. The molecule has 2 fully saturated rings. The minimum Gasteiger partial charge on any atom is -0.508 e. The number of carbonyl (C=O) groups is 9. The largest absolute Gasteiger partial charge is 0.508 e. The van der Waals surface area contributed by atoms with Gasteiger partial charge >= 0.3 is 0 Å². The van der Waals surface area contributed by atoms with E-state index in [-0.39, 0.29) is 63.4 Å². The van der Waals surface area contributed by atoms with Gasteiger partial charge in [-0.1, -0.05) is 55.2 Å². The van der Waals surface area contributed by atoms with Crippen molar-refractivity contribution in [2.45, 2.75) is 156 Å².